The van der Waals surface area contributed by atoms with E-state index in [2.05, 4.69) is 19.2 Å². The first-order chi connectivity index (χ1) is 33.4. The van der Waals surface area contributed by atoms with Crippen molar-refractivity contribution in [2.75, 3.05) is 116 Å². The number of nitrogens with one attached hydrogen (secondary N) is 3. The zero-order valence-corrected chi connectivity index (χ0v) is 42.9. The number of anilines is 3. The molecule has 6 aromatic carbocycles. The molecule has 0 aliphatic rings. The molecule has 0 saturated heterocycles. The lowest BCUT2D eigenvalue weighted by molar-refractivity contribution is -0.0221. The monoisotopic (exact) mass is 1020 g/mol. The van der Waals surface area contributed by atoms with Crippen molar-refractivity contribution >= 4 is 85.5 Å². The molecule has 0 spiro atoms. The van der Waals surface area contributed by atoms with Crippen LogP contribution in [0.3, 0.4) is 0 Å². The van der Waals surface area contributed by atoms with Gasteiger partial charge in [0.05, 0.1) is 34.5 Å². The van der Waals surface area contributed by atoms with E-state index < -0.39 is 35.6 Å². The van der Waals surface area contributed by atoms with Gasteiger partial charge in [-0.3, -0.25) is 0 Å². The van der Waals surface area contributed by atoms with Gasteiger partial charge in [-0.1, -0.05) is 72.8 Å². The standard InChI is InChI=1S/C50H63N7O10S3/c1-55(2)44-22-7-19-41-38(44)16-10-25-47(41)68(59,60)52-28-13-31-65-34-50(51-37-58,35-66-32-14-29-53-69(61,62)48-26-11-17-39-42(48)20-8-23-45(39)56(3)4)36-67-33-15-30-54-70(63,64)49-27-12-18-40-43(49)21-9-24-46(40)57(5)6/h7-12,16-27,52-54H,13-15,28-36H2,1-6H3. The number of hydrogen-bond donors (Lipinski definition) is 3. The molecule has 0 radical (unpaired) electrons. The molecule has 0 fully saturated rings. The smallest absolute Gasteiger partial charge is 0.241 e. The van der Waals surface area contributed by atoms with Gasteiger partial charge in [-0.05, 0) is 55.7 Å². The summed E-state index contributed by atoms with van der Waals surface area (Å²) in [5, 5.41) is 4.19. The van der Waals surface area contributed by atoms with Crippen molar-refractivity contribution in [3.63, 3.8) is 0 Å². The fraction of sp³-hybridized carbons (Fsp3) is 0.380. The highest BCUT2D eigenvalue weighted by Crippen LogP contribution is 2.33. The second-order valence-corrected chi connectivity index (χ2v) is 22.6. The van der Waals surface area contributed by atoms with Crippen LogP contribution in [-0.4, -0.2) is 138 Å². The number of benzene rings is 6. The van der Waals surface area contributed by atoms with E-state index in [0.717, 1.165) is 33.2 Å². The van der Waals surface area contributed by atoms with E-state index in [9.17, 15) is 30.0 Å². The Morgan fingerprint density at radius 1 is 0.443 bits per heavy atom. The van der Waals surface area contributed by atoms with Gasteiger partial charge in [-0.25, -0.2) is 44.2 Å². The van der Waals surface area contributed by atoms with Crippen molar-refractivity contribution < 1.29 is 44.3 Å². The van der Waals surface area contributed by atoms with Crippen molar-refractivity contribution in [2.24, 2.45) is 4.99 Å². The van der Waals surface area contributed by atoms with Gasteiger partial charge < -0.3 is 28.9 Å². The van der Waals surface area contributed by atoms with Gasteiger partial charge in [-0.2, -0.15) is 4.99 Å². The highest BCUT2D eigenvalue weighted by molar-refractivity contribution is 7.90. The van der Waals surface area contributed by atoms with Crippen LogP contribution >= 0.6 is 0 Å². The summed E-state index contributed by atoms with van der Waals surface area (Å²) in [6.07, 6.45) is 2.43. The molecular weight excluding hydrogens is 955 g/mol. The first-order valence-corrected chi connectivity index (χ1v) is 27.2. The highest BCUT2D eigenvalue weighted by Gasteiger charge is 2.32. The van der Waals surface area contributed by atoms with Gasteiger partial charge in [0.15, 0.2) is 0 Å². The van der Waals surface area contributed by atoms with E-state index in [4.69, 9.17) is 14.2 Å². The summed E-state index contributed by atoms with van der Waals surface area (Å²) in [5.74, 6) is 0. The lowest BCUT2D eigenvalue weighted by Crippen LogP contribution is -2.43. The molecule has 0 aromatic heterocycles. The minimum absolute atomic E-state index is 0.0556. The van der Waals surface area contributed by atoms with Crippen LogP contribution in [0.25, 0.3) is 32.3 Å². The van der Waals surface area contributed by atoms with Crippen LogP contribution in [0.1, 0.15) is 19.3 Å². The van der Waals surface area contributed by atoms with Gasteiger partial charge in [0.1, 0.15) is 5.54 Å². The Balaban J connectivity index is 1.05. The van der Waals surface area contributed by atoms with Crippen LogP contribution in [0.2, 0.25) is 0 Å². The van der Waals surface area contributed by atoms with E-state index in [-0.39, 0.29) is 93.2 Å². The first kappa shape index (κ1) is 53.8. The first-order valence-electron chi connectivity index (χ1n) is 22.8. The Morgan fingerprint density at radius 3 is 0.986 bits per heavy atom. The highest BCUT2D eigenvalue weighted by atomic mass is 32.2. The minimum Gasteiger partial charge on any atom is -0.379 e. The molecule has 0 aliphatic heterocycles. The van der Waals surface area contributed by atoms with Gasteiger partial charge in [0, 0.05) is 131 Å². The van der Waals surface area contributed by atoms with Gasteiger partial charge in [0.2, 0.25) is 36.1 Å². The number of rotatable bonds is 28. The maximum Gasteiger partial charge on any atom is 0.241 e. The maximum atomic E-state index is 13.5. The molecule has 0 heterocycles. The number of hydrogen-bond acceptors (Lipinski definition) is 14. The van der Waals surface area contributed by atoms with Gasteiger partial charge in [-0.15, -0.1) is 0 Å². The molecule has 0 amide bonds. The molecular formula is C50H63N7O10S3. The summed E-state index contributed by atoms with van der Waals surface area (Å²) >= 11 is 0. The topological polar surface area (TPSA) is 205 Å². The average Bonchev–Trinajstić information content (AvgIpc) is 3.33. The van der Waals surface area contributed by atoms with E-state index in [1.807, 2.05) is 112 Å². The number of isocyanates is 1. The second-order valence-electron chi connectivity index (χ2n) is 17.4. The Hall–Kier alpha value is -5.51. The number of fused-ring (bicyclic) bond motifs is 3. The van der Waals surface area contributed by atoms with Crippen molar-refractivity contribution in [1.82, 2.24) is 14.2 Å². The summed E-state index contributed by atoms with van der Waals surface area (Å²) in [4.78, 5) is 22.2. The summed E-state index contributed by atoms with van der Waals surface area (Å²) in [5.41, 5.74) is 1.27. The molecule has 17 nitrogen and oxygen atoms in total. The van der Waals surface area contributed by atoms with Crippen molar-refractivity contribution in [3.8, 4) is 0 Å². The zero-order valence-electron chi connectivity index (χ0n) is 40.5. The summed E-state index contributed by atoms with van der Waals surface area (Å²) < 4.78 is 107. The second kappa shape index (κ2) is 24.1. The predicted molar refractivity (Wildman–Crippen MR) is 278 cm³/mol. The zero-order chi connectivity index (χ0) is 50.5. The quantitative estimate of drug-likeness (QED) is 0.0299. The molecule has 0 saturated carbocycles. The van der Waals surface area contributed by atoms with Crippen molar-refractivity contribution in [3.05, 3.63) is 109 Å². The third kappa shape index (κ3) is 13.3. The Kier molecular flexibility index (Phi) is 18.5. The maximum absolute atomic E-state index is 13.5. The lowest BCUT2D eigenvalue weighted by Gasteiger charge is -2.28. The lowest BCUT2D eigenvalue weighted by atomic mass is 10.0. The predicted octanol–water partition coefficient (Wildman–Crippen LogP) is 5.87. The van der Waals surface area contributed by atoms with Gasteiger partial charge in [0.25, 0.3) is 0 Å². The number of aliphatic imine (C=N–C) groups is 1. The van der Waals surface area contributed by atoms with Crippen LogP contribution in [0, 0.1) is 0 Å². The van der Waals surface area contributed by atoms with Crippen LogP contribution in [-0.2, 0) is 49.1 Å². The molecule has 70 heavy (non-hydrogen) atoms. The fourth-order valence-corrected chi connectivity index (χ4v) is 12.0. The molecule has 3 N–H and O–H groups in total. The number of sulfonamides is 3. The number of nitrogens with zero attached hydrogens (tertiary/aromatic N) is 4. The Labute approximate surface area is 411 Å². The molecule has 0 unspecified atom stereocenters. The molecule has 20 heteroatoms. The van der Waals surface area contributed by atoms with Gasteiger partial charge >= 0.3 is 0 Å². The summed E-state index contributed by atoms with van der Waals surface area (Å²) in [6, 6.07) is 32.0. The molecule has 6 rings (SSSR count). The average molecular weight is 1020 g/mol. The number of ether oxygens (including phenoxy) is 3. The molecule has 0 aliphatic carbocycles. The van der Waals surface area contributed by atoms with Crippen LogP contribution in [0.15, 0.2) is 129 Å². The summed E-state index contributed by atoms with van der Waals surface area (Å²) in [6.45, 7) is -0.102. The van der Waals surface area contributed by atoms with E-state index >= 15 is 0 Å². The SMILES string of the molecule is CN(C)c1cccc2c(S(=O)(=O)NCCCOCC(COCCCNS(=O)(=O)c3cccc4c(N(C)C)cccc34)(COCCCNS(=O)(=O)c3cccc4c(N(C)C)cccc34)N=C=O)cccc12. The van der Waals surface area contributed by atoms with Crippen LogP contribution in [0.4, 0.5) is 17.1 Å². The molecule has 0 bridgehead atoms. The molecule has 0 atom stereocenters. The molecule has 376 valence electrons. The summed E-state index contributed by atoms with van der Waals surface area (Å²) in [7, 11) is -0.321. The Morgan fingerprint density at radius 2 is 0.714 bits per heavy atom. The van der Waals surface area contributed by atoms with E-state index in [1.165, 1.54) is 0 Å². The van der Waals surface area contributed by atoms with E-state index in [1.54, 1.807) is 60.7 Å². The largest absolute Gasteiger partial charge is 0.379 e. The van der Waals surface area contributed by atoms with Crippen molar-refractivity contribution in [2.45, 2.75) is 39.5 Å². The van der Waals surface area contributed by atoms with Crippen LogP contribution < -0.4 is 28.9 Å². The molecule has 6 aromatic rings. The third-order valence-electron chi connectivity index (χ3n) is 11.6. The fourth-order valence-electron chi connectivity index (χ4n) is 8.15. The van der Waals surface area contributed by atoms with E-state index in [0.29, 0.717) is 16.2 Å². The normalized spacial score (nSPS) is 12.4. The third-order valence-corrected chi connectivity index (χ3v) is 16.1. The van der Waals surface area contributed by atoms with Crippen molar-refractivity contribution in [1.29, 1.82) is 0 Å². The Bertz CT molecular complexity index is 2830. The number of carbonyl (C=O) groups excluding carboxylic acids is 1. The minimum atomic E-state index is -3.90. The van der Waals surface area contributed by atoms with Crippen LogP contribution in [0.5, 0.6) is 0 Å².